The number of fused-ring (bicyclic) bond motifs is 2. The SMILES string of the molecule is N[C@@H](Cn1c(=O)c2c(n(Cc3c(F)cccc3C(F)(F)F)c1=O)COC21CCN(Cc2cccc(C(F)(F)F)c2)CC1)c1ccccc1. The number of nitrogens with two attached hydrogens (primary N) is 1. The minimum atomic E-state index is -4.92. The maximum atomic E-state index is 15.0. The number of halogens is 7. The van der Waals surface area contributed by atoms with Crippen LogP contribution in [0.2, 0.25) is 0 Å². The van der Waals surface area contributed by atoms with Gasteiger partial charge in [-0.2, -0.15) is 26.3 Å². The molecule has 0 radical (unpaired) electrons. The van der Waals surface area contributed by atoms with Crippen molar-refractivity contribution in [2.24, 2.45) is 5.73 Å². The van der Waals surface area contributed by atoms with E-state index in [-0.39, 0.29) is 43.8 Å². The third-order valence-electron chi connectivity index (χ3n) is 9.15. The molecule has 14 heteroatoms. The number of ether oxygens (including phenoxy) is 1. The Morgan fingerprint density at radius 1 is 0.833 bits per heavy atom. The summed E-state index contributed by atoms with van der Waals surface area (Å²) in [4.78, 5) is 30.0. The third kappa shape index (κ3) is 6.43. The van der Waals surface area contributed by atoms with Crippen molar-refractivity contribution in [2.75, 3.05) is 13.1 Å². The Balaban J connectivity index is 1.38. The lowest BCUT2D eigenvalue weighted by atomic mass is 9.85. The fourth-order valence-corrected chi connectivity index (χ4v) is 6.67. The standard InChI is InChI=1S/C34H31F7N4O3/c35-26-11-5-10-25(34(39,40)41)24(26)18-44-28-20-48-32(12-14-43(15-13-32)17-21-6-4-9-23(16-21)33(36,37)38)29(28)30(46)45(31(44)47)19-27(42)22-7-2-1-3-8-22/h1-11,16,27H,12-15,17-20,42H2/t27-/m0/s1. The molecule has 2 aliphatic rings. The Labute approximate surface area is 270 Å². The first-order valence-electron chi connectivity index (χ1n) is 15.2. The summed E-state index contributed by atoms with van der Waals surface area (Å²) in [7, 11) is 0. The van der Waals surface area contributed by atoms with Crippen LogP contribution < -0.4 is 17.0 Å². The molecule has 0 aliphatic carbocycles. The summed E-state index contributed by atoms with van der Waals surface area (Å²) < 4.78 is 105. The fourth-order valence-electron chi connectivity index (χ4n) is 6.67. The third-order valence-corrected chi connectivity index (χ3v) is 9.15. The zero-order chi connectivity index (χ0) is 34.4. The smallest absolute Gasteiger partial charge is 0.364 e. The van der Waals surface area contributed by atoms with Crippen LogP contribution in [0.25, 0.3) is 0 Å². The van der Waals surface area contributed by atoms with E-state index in [1.165, 1.54) is 6.07 Å². The Bertz CT molecular complexity index is 1930. The first-order chi connectivity index (χ1) is 22.7. The normalized spacial score (nSPS) is 17.1. The van der Waals surface area contributed by atoms with Crippen molar-refractivity contribution in [1.29, 1.82) is 0 Å². The molecule has 1 saturated heterocycles. The minimum absolute atomic E-state index is 0.0530. The quantitative estimate of drug-likeness (QED) is 0.245. The zero-order valence-corrected chi connectivity index (χ0v) is 25.5. The van der Waals surface area contributed by atoms with E-state index in [0.29, 0.717) is 24.2 Å². The van der Waals surface area contributed by atoms with Gasteiger partial charge < -0.3 is 10.5 Å². The van der Waals surface area contributed by atoms with Gasteiger partial charge in [0.1, 0.15) is 11.4 Å². The molecule has 254 valence electrons. The molecule has 1 aromatic heterocycles. The Hall–Kier alpha value is -4.27. The highest BCUT2D eigenvalue weighted by Gasteiger charge is 2.47. The van der Waals surface area contributed by atoms with E-state index < -0.39 is 64.3 Å². The number of hydrogen-bond acceptors (Lipinski definition) is 5. The highest BCUT2D eigenvalue weighted by Crippen LogP contribution is 2.43. The zero-order valence-electron chi connectivity index (χ0n) is 25.5. The van der Waals surface area contributed by atoms with Gasteiger partial charge in [0.15, 0.2) is 0 Å². The molecule has 1 spiro atoms. The number of aromatic nitrogens is 2. The van der Waals surface area contributed by atoms with E-state index in [1.807, 2.05) is 4.90 Å². The second-order valence-corrected chi connectivity index (χ2v) is 12.1. The van der Waals surface area contributed by atoms with E-state index in [0.717, 1.165) is 39.5 Å². The molecule has 48 heavy (non-hydrogen) atoms. The largest absolute Gasteiger partial charge is 0.416 e. The van der Waals surface area contributed by atoms with E-state index in [2.05, 4.69) is 0 Å². The van der Waals surface area contributed by atoms with Gasteiger partial charge in [-0.15, -0.1) is 0 Å². The summed E-state index contributed by atoms with van der Waals surface area (Å²) in [6, 6.07) is 15.3. The first-order valence-corrected chi connectivity index (χ1v) is 15.2. The van der Waals surface area contributed by atoms with Crippen LogP contribution in [0, 0.1) is 5.82 Å². The molecule has 2 aliphatic heterocycles. The van der Waals surface area contributed by atoms with Crippen molar-refractivity contribution in [1.82, 2.24) is 14.0 Å². The van der Waals surface area contributed by atoms with Gasteiger partial charge in [0.2, 0.25) is 0 Å². The van der Waals surface area contributed by atoms with Crippen molar-refractivity contribution in [3.05, 3.63) is 139 Å². The number of likely N-dealkylation sites (tertiary alicyclic amines) is 1. The average molecular weight is 677 g/mol. The van der Waals surface area contributed by atoms with E-state index in [1.54, 1.807) is 36.4 Å². The topological polar surface area (TPSA) is 82.5 Å². The van der Waals surface area contributed by atoms with Crippen LogP contribution in [0.5, 0.6) is 0 Å². The Morgan fingerprint density at radius 3 is 2.19 bits per heavy atom. The summed E-state index contributed by atoms with van der Waals surface area (Å²) in [6.45, 7) is -0.585. The summed E-state index contributed by atoms with van der Waals surface area (Å²) in [5.41, 5.74) is 1.93. The molecule has 2 N–H and O–H groups in total. The molecule has 0 unspecified atom stereocenters. The second kappa shape index (κ2) is 12.6. The van der Waals surface area contributed by atoms with Crippen molar-refractivity contribution in [3.63, 3.8) is 0 Å². The predicted molar refractivity (Wildman–Crippen MR) is 161 cm³/mol. The second-order valence-electron chi connectivity index (χ2n) is 12.1. The Kier molecular flexibility index (Phi) is 8.85. The lowest BCUT2D eigenvalue weighted by molar-refractivity contribution is -0.139. The van der Waals surface area contributed by atoms with Gasteiger partial charge in [0, 0.05) is 31.2 Å². The summed E-state index contributed by atoms with van der Waals surface area (Å²) in [6.07, 6.45) is -8.99. The van der Waals surface area contributed by atoms with Crippen molar-refractivity contribution in [3.8, 4) is 0 Å². The molecule has 1 atom stereocenters. The highest BCUT2D eigenvalue weighted by atomic mass is 19.4. The van der Waals surface area contributed by atoms with Crippen molar-refractivity contribution >= 4 is 0 Å². The number of alkyl halides is 6. The molecule has 4 aromatic rings. The highest BCUT2D eigenvalue weighted by molar-refractivity contribution is 5.35. The molecule has 0 bridgehead atoms. The van der Waals surface area contributed by atoms with Crippen molar-refractivity contribution < 1.29 is 35.5 Å². The van der Waals surface area contributed by atoms with Gasteiger partial charge in [-0.1, -0.05) is 54.6 Å². The number of nitrogens with zero attached hydrogens (tertiary/aromatic N) is 3. The Morgan fingerprint density at radius 2 is 1.52 bits per heavy atom. The monoisotopic (exact) mass is 676 g/mol. The van der Waals surface area contributed by atoms with Gasteiger partial charge in [-0.3, -0.25) is 18.8 Å². The molecular formula is C34H31F7N4O3. The number of rotatable bonds is 7. The van der Waals surface area contributed by atoms with Crippen LogP contribution >= 0.6 is 0 Å². The summed E-state index contributed by atoms with van der Waals surface area (Å²) in [5, 5.41) is 0. The minimum Gasteiger partial charge on any atom is -0.364 e. The van der Waals surface area contributed by atoms with Crippen LogP contribution in [-0.4, -0.2) is 27.1 Å². The fraction of sp³-hybridized carbons (Fsp3) is 0.353. The lowest BCUT2D eigenvalue weighted by Crippen LogP contribution is -2.49. The molecule has 0 amide bonds. The van der Waals surface area contributed by atoms with Gasteiger partial charge >= 0.3 is 18.0 Å². The molecule has 0 saturated carbocycles. The number of piperidine rings is 1. The maximum Gasteiger partial charge on any atom is 0.416 e. The van der Waals surface area contributed by atoms with E-state index in [4.69, 9.17) is 10.5 Å². The van der Waals surface area contributed by atoms with Crippen LogP contribution in [0.3, 0.4) is 0 Å². The van der Waals surface area contributed by atoms with Gasteiger partial charge in [-0.05, 0) is 42.2 Å². The molecule has 7 nitrogen and oxygen atoms in total. The predicted octanol–water partition coefficient (Wildman–Crippen LogP) is 5.96. The number of benzene rings is 3. The molecular weight excluding hydrogens is 645 g/mol. The molecule has 3 heterocycles. The first kappa shape index (κ1) is 33.6. The van der Waals surface area contributed by atoms with Crippen LogP contribution in [-0.2, 0) is 48.9 Å². The average Bonchev–Trinajstić information content (AvgIpc) is 3.41. The van der Waals surface area contributed by atoms with Gasteiger partial charge in [0.05, 0.1) is 42.1 Å². The van der Waals surface area contributed by atoms with Crippen LogP contribution in [0.15, 0.2) is 82.4 Å². The molecule has 6 rings (SSSR count). The van der Waals surface area contributed by atoms with Crippen LogP contribution in [0.4, 0.5) is 30.7 Å². The van der Waals surface area contributed by atoms with Gasteiger partial charge in [0.25, 0.3) is 5.56 Å². The van der Waals surface area contributed by atoms with Crippen molar-refractivity contribution in [2.45, 2.75) is 63.1 Å². The lowest BCUT2D eigenvalue weighted by Gasteiger charge is -2.39. The molecule has 3 aromatic carbocycles. The van der Waals surface area contributed by atoms with Gasteiger partial charge in [-0.25, -0.2) is 9.18 Å². The summed E-state index contributed by atoms with van der Waals surface area (Å²) >= 11 is 0. The molecule has 1 fully saturated rings. The maximum absolute atomic E-state index is 15.0. The van der Waals surface area contributed by atoms with Crippen LogP contribution in [0.1, 0.15) is 58.0 Å². The summed E-state index contributed by atoms with van der Waals surface area (Å²) in [5.74, 6) is -1.17. The van der Waals surface area contributed by atoms with E-state index >= 15 is 4.39 Å². The van der Waals surface area contributed by atoms with E-state index in [9.17, 15) is 35.9 Å². The number of hydrogen-bond donors (Lipinski definition) is 1.